The van der Waals surface area contributed by atoms with E-state index in [4.69, 9.17) is 11.6 Å². The molecule has 1 N–H and O–H groups in total. The standard InChI is InChI=1S/C13H11BrClN3O/c1-7-3-10(14)6-16-12(7)18-13(19)9-4-8(2)17-11(15)5-9/h3-6H,1-2H3,(H,16,18,19). The zero-order valence-corrected chi connectivity index (χ0v) is 12.7. The lowest BCUT2D eigenvalue weighted by Gasteiger charge is -2.08. The lowest BCUT2D eigenvalue weighted by Crippen LogP contribution is -2.14. The number of rotatable bonds is 2. The van der Waals surface area contributed by atoms with Gasteiger partial charge < -0.3 is 5.32 Å². The predicted molar refractivity (Wildman–Crippen MR) is 78.6 cm³/mol. The van der Waals surface area contributed by atoms with Crippen LogP contribution in [0.5, 0.6) is 0 Å². The maximum atomic E-state index is 12.1. The number of amides is 1. The minimum atomic E-state index is -0.259. The van der Waals surface area contributed by atoms with Crippen LogP contribution in [0.15, 0.2) is 28.9 Å². The second kappa shape index (κ2) is 5.67. The number of anilines is 1. The molecule has 0 aliphatic rings. The average molecular weight is 341 g/mol. The summed E-state index contributed by atoms with van der Waals surface area (Å²) in [5, 5.41) is 3.05. The second-order valence-electron chi connectivity index (χ2n) is 4.09. The zero-order chi connectivity index (χ0) is 14.0. The van der Waals surface area contributed by atoms with Crippen molar-refractivity contribution in [2.75, 3.05) is 5.32 Å². The molecule has 2 aromatic rings. The number of aromatic nitrogens is 2. The molecule has 98 valence electrons. The Kier molecular flexibility index (Phi) is 4.17. The highest BCUT2D eigenvalue weighted by atomic mass is 79.9. The first-order valence-electron chi connectivity index (χ1n) is 5.53. The summed E-state index contributed by atoms with van der Waals surface area (Å²) in [5.41, 5.74) is 2.03. The van der Waals surface area contributed by atoms with Gasteiger partial charge in [-0.15, -0.1) is 0 Å². The van der Waals surface area contributed by atoms with Crippen molar-refractivity contribution in [1.29, 1.82) is 0 Å². The van der Waals surface area contributed by atoms with Crippen LogP contribution in [0.4, 0.5) is 5.82 Å². The van der Waals surface area contributed by atoms with E-state index in [1.54, 1.807) is 19.2 Å². The fourth-order valence-corrected chi connectivity index (χ4v) is 2.31. The molecule has 0 aromatic carbocycles. The van der Waals surface area contributed by atoms with Crippen LogP contribution in [0, 0.1) is 13.8 Å². The van der Waals surface area contributed by atoms with E-state index in [9.17, 15) is 4.79 Å². The van der Waals surface area contributed by atoms with E-state index in [2.05, 4.69) is 31.2 Å². The Bertz CT molecular complexity index is 626. The molecule has 0 fully saturated rings. The number of carbonyl (C=O) groups excluding carboxylic acids is 1. The van der Waals surface area contributed by atoms with Crippen LogP contribution >= 0.6 is 27.5 Å². The molecule has 2 heterocycles. The summed E-state index contributed by atoms with van der Waals surface area (Å²) in [4.78, 5) is 20.3. The third-order valence-electron chi connectivity index (χ3n) is 2.46. The first-order chi connectivity index (χ1) is 8.95. The van der Waals surface area contributed by atoms with Crippen molar-refractivity contribution < 1.29 is 4.79 Å². The van der Waals surface area contributed by atoms with Crippen LogP contribution in [0.2, 0.25) is 5.15 Å². The van der Waals surface area contributed by atoms with Crippen molar-refractivity contribution in [3.8, 4) is 0 Å². The van der Waals surface area contributed by atoms with Gasteiger partial charge in [-0.05, 0) is 53.5 Å². The molecule has 2 rings (SSSR count). The van der Waals surface area contributed by atoms with Crippen LogP contribution in [0.3, 0.4) is 0 Å². The van der Waals surface area contributed by atoms with E-state index in [-0.39, 0.29) is 5.91 Å². The Labute approximate surface area is 124 Å². The molecule has 2 aromatic heterocycles. The normalized spacial score (nSPS) is 10.3. The van der Waals surface area contributed by atoms with Gasteiger partial charge in [-0.25, -0.2) is 9.97 Å². The molecular formula is C13H11BrClN3O. The molecule has 0 bridgehead atoms. The van der Waals surface area contributed by atoms with E-state index in [1.807, 2.05) is 13.0 Å². The van der Waals surface area contributed by atoms with E-state index in [0.29, 0.717) is 22.2 Å². The quantitative estimate of drug-likeness (QED) is 0.847. The zero-order valence-electron chi connectivity index (χ0n) is 10.4. The lowest BCUT2D eigenvalue weighted by atomic mass is 10.2. The molecule has 0 saturated heterocycles. The monoisotopic (exact) mass is 339 g/mol. The van der Waals surface area contributed by atoms with Gasteiger partial charge in [0, 0.05) is 21.9 Å². The van der Waals surface area contributed by atoms with Crippen molar-refractivity contribution >= 4 is 39.3 Å². The summed E-state index contributed by atoms with van der Waals surface area (Å²) in [6, 6.07) is 5.08. The largest absolute Gasteiger partial charge is 0.306 e. The van der Waals surface area contributed by atoms with Gasteiger partial charge in [0.15, 0.2) is 0 Å². The minimum absolute atomic E-state index is 0.259. The highest BCUT2D eigenvalue weighted by Crippen LogP contribution is 2.18. The third-order valence-corrected chi connectivity index (χ3v) is 3.09. The van der Waals surface area contributed by atoms with E-state index < -0.39 is 0 Å². The Morgan fingerprint density at radius 1 is 1.32 bits per heavy atom. The number of nitrogens with one attached hydrogen (secondary N) is 1. The van der Waals surface area contributed by atoms with Crippen molar-refractivity contribution in [1.82, 2.24) is 9.97 Å². The molecule has 0 atom stereocenters. The van der Waals surface area contributed by atoms with Gasteiger partial charge in [0.2, 0.25) is 0 Å². The highest BCUT2D eigenvalue weighted by Gasteiger charge is 2.10. The highest BCUT2D eigenvalue weighted by molar-refractivity contribution is 9.10. The topological polar surface area (TPSA) is 54.9 Å². The van der Waals surface area contributed by atoms with E-state index in [0.717, 1.165) is 10.0 Å². The number of hydrogen-bond acceptors (Lipinski definition) is 3. The Morgan fingerprint density at radius 2 is 2.05 bits per heavy atom. The van der Waals surface area contributed by atoms with Gasteiger partial charge in [0.1, 0.15) is 11.0 Å². The summed E-state index contributed by atoms with van der Waals surface area (Å²) >= 11 is 9.16. The molecule has 0 unspecified atom stereocenters. The number of nitrogens with zero attached hydrogens (tertiary/aromatic N) is 2. The van der Waals surface area contributed by atoms with Gasteiger partial charge >= 0.3 is 0 Å². The Morgan fingerprint density at radius 3 is 2.68 bits per heavy atom. The van der Waals surface area contributed by atoms with Crippen molar-refractivity contribution in [2.45, 2.75) is 13.8 Å². The third kappa shape index (κ3) is 3.52. The fraction of sp³-hybridized carbons (Fsp3) is 0.154. The van der Waals surface area contributed by atoms with Crippen molar-refractivity contribution in [3.05, 3.63) is 50.8 Å². The average Bonchev–Trinajstić information content (AvgIpc) is 2.31. The van der Waals surface area contributed by atoms with Gasteiger partial charge in [-0.1, -0.05) is 11.6 Å². The van der Waals surface area contributed by atoms with E-state index >= 15 is 0 Å². The summed E-state index contributed by atoms with van der Waals surface area (Å²) in [7, 11) is 0. The van der Waals surface area contributed by atoms with Crippen molar-refractivity contribution in [3.63, 3.8) is 0 Å². The molecule has 4 nitrogen and oxygen atoms in total. The lowest BCUT2D eigenvalue weighted by molar-refractivity contribution is 0.102. The van der Waals surface area contributed by atoms with Crippen LogP contribution in [0.25, 0.3) is 0 Å². The Balaban J connectivity index is 2.25. The first kappa shape index (κ1) is 14.0. The van der Waals surface area contributed by atoms with Gasteiger partial charge in [0.25, 0.3) is 5.91 Å². The van der Waals surface area contributed by atoms with Crippen LogP contribution in [-0.4, -0.2) is 15.9 Å². The molecule has 6 heteroatoms. The van der Waals surface area contributed by atoms with Gasteiger partial charge in [-0.2, -0.15) is 0 Å². The maximum Gasteiger partial charge on any atom is 0.256 e. The number of pyridine rings is 2. The minimum Gasteiger partial charge on any atom is -0.306 e. The van der Waals surface area contributed by atoms with Crippen LogP contribution in [0.1, 0.15) is 21.6 Å². The van der Waals surface area contributed by atoms with Crippen molar-refractivity contribution in [2.24, 2.45) is 0 Å². The molecule has 1 amide bonds. The van der Waals surface area contributed by atoms with Crippen LogP contribution < -0.4 is 5.32 Å². The summed E-state index contributed by atoms with van der Waals surface area (Å²) < 4.78 is 0.866. The number of aryl methyl sites for hydroxylation is 2. The maximum absolute atomic E-state index is 12.1. The predicted octanol–water partition coefficient (Wildman–Crippen LogP) is 3.76. The summed E-state index contributed by atoms with van der Waals surface area (Å²) in [6.07, 6.45) is 1.63. The summed E-state index contributed by atoms with van der Waals surface area (Å²) in [5.74, 6) is 0.268. The number of carbonyl (C=O) groups is 1. The molecule has 0 radical (unpaired) electrons. The first-order valence-corrected chi connectivity index (χ1v) is 6.70. The SMILES string of the molecule is Cc1cc(C(=O)Nc2ncc(Br)cc2C)cc(Cl)n1. The van der Waals surface area contributed by atoms with Gasteiger partial charge in [0.05, 0.1) is 0 Å². The Hall–Kier alpha value is -1.46. The van der Waals surface area contributed by atoms with Gasteiger partial charge in [-0.3, -0.25) is 4.79 Å². The fourth-order valence-electron chi connectivity index (χ4n) is 1.61. The number of halogens is 2. The second-order valence-corrected chi connectivity index (χ2v) is 5.40. The molecule has 0 saturated carbocycles. The van der Waals surface area contributed by atoms with Crippen LogP contribution in [-0.2, 0) is 0 Å². The molecule has 19 heavy (non-hydrogen) atoms. The number of hydrogen-bond donors (Lipinski definition) is 1. The molecule has 0 spiro atoms. The smallest absolute Gasteiger partial charge is 0.256 e. The molecular weight excluding hydrogens is 330 g/mol. The summed E-state index contributed by atoms with van der Waals surface area (Å²) in [6.45, 7) is 3.66. The molecule has 0 aliphatic heterocycles. The molecule has 0 aliphatic carbocycles. The van der Waals surface area contributed by atoms with E-state index in [1.165, 1.54) is 6.07 Å².